The zero-order valence-corrected chi connectivity index (χ0v) is 15.6. The lowest BCUT2D eigenvalue weighted by Gasteiger charge is -2.10. The Morgan fingerprint density at radius 3 is 2.48 bits per heavy atom. The molecule has 0 saturated heterocycles. The van der Waals surface area contributed by atoms with Gasteiger partial charge >= 0.3 is 0 Å². The maximum absolute atomic E-state index is 12.5. The number of hydrogen-bond donors (Lipinski definition) is 2. The van der Waals surface area contributed by atoms with Gasteiger partial charge in [0.05, 0.1) is 23.4 Å². The van der Waals surface area contributed by atoms with E-state index in [0.717, 1.165) is 5.56 Å². The number of anilines is 2. The van der Waals surface area contributed by atoms with E-state index in [4.69, 9.17) is 4.74 Å². The molecule has 0 amide bonds. The van der Waals surface area contributed by atoms with Crippen LogP contribution in [0.3, 0.4) is 0 Å². The number of nitrogens with zero attached hydrogens (tertiary/aromatic N) is 2. The van der Waals surface area contributed by atoms with Crippen molar-refractivity contribution in [1.29, 1.82) is 0 Å². The van der Waals surface area contributed by atoms with Crippen LogP contribution in [0.1, 0.15) is 12.5 Å². The Morgan fingerprint density at radius 2 is 1.85 bits per heavy atom. The molecule has 0 unspecified atom stereocenters. The van der Waals surface area contributed by atoms with Gasteiger partial charge < -0.3 is 10.1 Å². The molecule has 0 fully saturated rings. The van der Waals surface area contributed by atoms with Crippen LogP contribution in [-0.2, 0) is 16.6 Å². The molecule has 2 N–H and O–H groups in total. The van der Waals surface area contributed by atoms with Gasteiger partial charge in [-0.1, -0.05) is 6.07 Å². The van der Waals surface area contributed by atoms with Crippen LogP contribution in [0.2, 0.25) is 0 Å². The lowest BCUT2D eigenvalue weighted by atomic mass is 10.3. The Balaban J connectivity index is 1.62. The van der Waals surface area contributed by atoms with E-state index in [1.807, 2.05) is 19.1 Å². The van der Waals surface area contributed by atoms with Gasteiger partial charge in [0.1, 0.15) is 11.6 Å². The van der Waals surface area contributed by atoms with Gasteiger partial charge in [-0.15, -0.1) is 0 Å². The largest absolute Gasteiger partial charge is 0.494 e. The molecule has 0 radical (unpaired) electrons. The molecule has 0 bridgehead atoms. The van der Waals surface area contributed by atoms with Crippen molar-refractivity contribution < 1.29 is 13.2 Å². The number of aromatic nitrogens is 2. The first-order valence-electron chi connectivity index (χ1n) is 8.41. The third-order valence-electron chi connectivity index (χ3n) is 3.66. The van der Waals surface area contributed by atoms with Crippen molar-refractivity contribution >= 4 is 21.5 Å². The van der Waals surface area contributed by atoms with Crippen LogP contribution in [-0.4, -0.2) is 25.0 Å². The molecule has 1 aromatic carbocycles. The van der Waals surface area contributed by atoms with Gasteiger partial charge in [0.2, 0.25) is 0 Å². The molecule has 7 nitrogen and oxygen atoms in total. The summed E-state index contributed by atoms with van der Waals surface area (Å²) in [6.07, 6.45) is 4.96. The predicted octanol–water partition coefficient (Wildman–Crippen LogP) is 3.29. The van der Waals surface area contributed by atoms with Gasteiger partial charge in [0.25, 0.3) is 10.0 Å². The summed E-state index contributed by atoms with van der Waals surface area (Å²) in [5, 5.41) is 3.16. The molecule has 0 spiro atoms. The van der Waals surface area contributed by atoms with Crippen LogP contribution in [0.25, 0.3) is 0 Å². The van der Waals surface area contributed by atoms with E-state index in [1.165, 1.54) is 18.3 Å². The molecule has 27 heavy (non-hydrogen) atoms. The summed E-state index contributed by atoms with van der Waals surface area (Å²) in [5.41, 5.74) is 1.41. The summed E-state index contributed by atoms with van der Waals surface area (Å²) in [7, 11) is -3.69. The maximum atomic E-state index is 12.5. The first-order chi connectivity index (χ1) is 13.1. The van der Waals surface area contributed by atoms with Crippen LogP contribution in [0.15, 0.2) is 72.0 Å². The summed E-state index contributed by atoms with van der Waals surface area (Å²) < 4.78 is 32.8. The van der Waals surface area contributed by atoms with Crippen LogP contribution in [0.4, 0.5) is 11.5 Å². The smallest absolute Gasteiger partial charge is 0.261 e. The average molecular weight is 384 g/mol. The van der Waals surface area contributed by atoms with Gasteiger partial charge in [0.15, 0.2) is 0 Å². The minimum Gasteiger partial charge on any atom is -0.494 e. The highest BCUT2D eigenvalue weighted by molar-refractivity contribution is 7.92. The SMILES string of the molecule is CCOc1ccc(S(=O)(=O)Nc2ccc(NCc3cccnc3)nc2)cc1. The third-order valence-corrected chi connectivity index (χ3v) is 5.05. The zero-order chi connectivity index (χ0) is 19.1. The van der Waals surface area contributed by atoms with E-state index in [-0.39, 0.29) is 4.90 Å². The second kappa shape index (κ2) is 8.50. The Morgan fingerprint density at radius 1 is 1.04 bits per heavy atom. The second-order valence-electron chi connectivity index (χ2n) is 5.66. The molecule has 140 valence electrons. The van der Waals surface area contributed by atoms with Crippen molar-refractivity contribution in [2.24, 2.45) is 0 Å². The summed E-state index contributed by atoms with van der Waals surface area (Å²) >= 11 is 0. The van der Waals surface area contributed by atoms with Crippen molar-refractivity contribution in [3.8, 4) is 5.75 Å². The molecule has 0 aliphatic heterocycles. The van der Waals surface area contributed by atoms with Gasteiger partial charge in [-0.2, -0.15) is 0 Å². The summed E-state index contributed by atoms with van der Waals surface area (Å²) in [4.78, 5) is 8.44. The molecule has 2 aromatic heterocycles. The predicted molar refractivity (Wildman–Crippen MR) is 104 cm³/mol. The minimum absolute atomic E-state index is 0.157. The fraction of sp³-hybridized carbons (Fsp3) is 0.158. The summed E-state index contributed by atoms with van der Waals surface area (Å²) in [6, 6.07) is 13.5. The Labute approximate surface area is 158 Å². The van der Waals surface area contributed by atoms with Gasteiger partial charge in [-0.05, 0) is 55.0 Å². The highest BCUT2D eigenvalue weighted by atomic mass is 32.2. The fourth-order valence-electron chi connectivity index (χ4n) is 2.35. The number of hydrogen-bond acceptors (Lipinski definition) is 6. The van der Waals surface area contributed by atoms with E-state index in [1.54, 1.807) is 36.7 Å². The molecule has 0 aliphatic rings. The van der Waals surface area contributed by atoms with Gasteiger partial charge in [0, 0.05) is 18.9 Å². The lowest BCUT2D eigenvalue weighted by Crippen LogP contribution is -2.13. The Kier molecular flexibility index (Phi) is 5.87. The Bertz CT molecular complexity index is 960. The van der Waals surface area contributed by atoms with Gasteiger partial charge in [-0.25, -0.2) is 13.4 Å². The van der Waals surface area contributed by atoms with Crippen LogP contribution < -0.4 is 14.8 Å². The van der Waals surface area contributed by atoms with Crippen molar-refractivity contribution in [3.63, 3.8) is 0 Å². The quantitative estimate of drug-likeness (QED) is 0.619. The van der Waals surface area contributed by atoms with Crippen LogP contribution >= 0.6 is 0 Å². The monoisotopic (exact) mass is 384 g/mol. The highest BCUT2D eigenvalue weighted by Gasteiger charge is 2.14. The molecule has 0 atom stereocenters. The minimum atomic E-state index is -3.69. The number of rotatable bonds is 8. The van der Waals surface area contributed by atoms with Crippen LogP contribution in [0.5, 0.6) is 5.75 Å². The fourth-order valence-corrected chi connectivity index (χ4v) is 3.39. The molecule has 0 aliphatic carbocycles. The summed E-state index contributed by atoms with van der Waals surface area (Å²) in [6.45, 7) is 2.98. The average Bonchev–Trinajstić information content (AvgIpc) is 2.69. The molecular weight excluding hydrogens is 364 g/mol. The summed E-state index contributed by atoms with van der Waals surface area (Å²) in [5.74, 6) is 1.27. The number of ether oxygens (including phenoxy) is 1. The van der Waals surface area contributed by atoms with E-state index in [2.05, 4.69) is 20.0 Å². The molecule has 2 heterocycles. The van der Waals surface area contributed by atoms with Crippen molar-refractivity contribution in [3.05, 3.63) is 72.7 Å². The van der Waals surface area contributed by atoms with Crippen molar-refractivity contribution in [2.75, 3.05) is 16.6 Å². The molecular formula is C19H20N4O3S. The first-order valence-corrected chi connectivity index (χ1v) is 9.89. The molecule has 0 saturated carbocycles. The molecule has 8 heteroatoms. The van der Waals surface area contributed by atoms with Crippen LogP contribution in [0, 0.1) is 0 Å². The number of pyridine rings is 2. The lowest BCUT2D eigenvalue weighted by molar-refractivity contribution is 0.340. The number of benzene rings is 1. The first kappa shape index (κ1) is 18.7. The van der Waals surface area contributed by atoms with Crippen molar-refractivity contribution in [1.82, 2.24) is 9.97 Å². The highest BCUT2D eigenvalue weighted by Crippen LogP contribution is 2.19. The Hall–Kier alpha value is -3.13. The van der Waals surface area contributed by atoms with E-state index in [0.29, 0.717) is 30.4 Å². The van der Waals surface area contributed by atoms with E-state index < -0.39 is 10.0 Å². The number of sulfonamides is 1. The molecule has 3 rings (SSSR count). The standard InChI is InChI=1S/C19H20N4O3S/c1-2-26-17-6-8-18(9-7-17)27(24,25)23-16-5-10-19(22-14-16)21-13-15-4-3-11-20-12-15/h3-12,14,23H,2,13H2,1H3,(H,21,22). The normalized spacial score (nSPS) is 11.0. The number of nitrogens with one attached hydrogen (secondary N) is 2. The van der Waals surface area contributed by atoms with E-state index >= 15 is 0 Å². The zero-order valence-electron chi connectivity index (χ0n) is 14.8. The van der Waals surface area contributed by atoms with E-state index in [9.17, 15) is 8.42 Å². The second-order valence-corrected chi connectivity index (χ2v) is 7.34. The van der Waals surface area contributed by atoms with Gasteiger partial charge in [-0.3, -0.25) is 9.71 Å². The van der Waals surface area contributed by atoms with Crippen molar-refractivity contribution in [2.45, 2.75) is 18.4 Å². The maximum Gasteiger partial charge on any atom is 0.261 e. The topological polar surface area (TPSA) is 93.2 Å². The third kappa shape index (κ3) is 5.18. The molecule has 3 aromatic rings.